The highest BCUT2D eigenvalue weighted by molar-refractivity contribution is 7.98. The van der Waals surface area contributed by atoms with Crippen LogP contribution in [0.4, 0.5) is 39.5 Å². The molecule has 3 nitrogen and oxygen atoms in total. The maximum Gasteiger partial charge on any atom is 0.460 e. The number of hydroxylamine groups is 3. The van der Waals surface area contributed by atoms with Crippen molar-refractivity contribution in [3.05, 3.63) is 0 Å². The Bertz CT molecular complexity index is 429. The number of hydrogen-bond donors (Lipinski definition) is 1. The van der Waals surface area contributed by atoms with E-state index in [-0.39, 0.29) is 19.5 Å². The van der Waals surface area contributed by atoms with E-state index >= 15 is 0 Å². The predicted octanol–water partition coefficient (Wildman–Crippen LogP) is 5.65. The molecule has 0 unspecified atom stereocenters. The predicted molar refractivity (Wildman–Crippen MR) is 85.1 cm³/mol. The van der Waals surface area contributed by atoms with Gasteiger partial charge in [0.1, 0.15) is 19.6 Å². The molecule has 0 atom stereocenters. The second-order valence-electron chi connectivity index (χ2n) is 5.41. The van der Waals surface area contributed by atoms with Gasteiger partial charge in [0.25, 0.3) is 0 Å². The Labute approximate surface area is 157 Å². The van der Waals surface area contributed by atoms with Crippen molar-refractivity contribution in [1.29, 1.82) is 0 Å². The Hall–Kier alpha value is -0.400. The maximum atomic E-state index is 13.4. The van der Waals surface area contributed by atoms with Crippen LogP contribution in [0.2, 0.25) is 0 Å². The summed E-state index contributed by atoms with van der Waals surface area (Å²) in [5.74, 6) is -13.5. The first-order valence-corrected chi connectivity index (χ1v) is 8.94. The molecule has 0 saturated heterocycles. The number of nitrogens with zero attached hydrogens (tertiary/aromatic N) is 2. The summed E-state index contributed by atoms with van der Waals surface area (Å²) in [7, 11) is 0.852. The molecule has 0 heterocycles. The third-order valence-electron chi connectivity index (χ3n) is 3.61. The van der Waals surface area contributed by atoms with E-state index in [9.17, 15) is 44.7 Å². The van der Waals surface area contributed by atoms with Gasteiger partial charge in [0.05, 0.1) is 0 Å². The summed E-state index contributed by atoms with van der Waals surface area (Å²) in [6.45, 7) is 7.61. The SMILES string of the molecule is CC.CC[N+](O)(CC)CCCN(C)SC(F)(F)C(F)(F)C(F)(F)C(F)(F)F. The van der Waals surface area contributed by atoms with Crippen LogP contribution in [-0.4, -0.2) is 70.7 Å². The first kappa shape index (κ1) is 28.8. The van der Waals surface area contributed by atoms with Gasteiger partial charge in [-0.15, -0.1) is 0 Å². The summed E-state index contributed by atoms with van der Waals surface area (Å²) >= 11 is -1.10. The van der Waals surface area contributed by atoms with E-state index in [4.69, 9.17) is 0 Å². The molecule has 0 fully saturated rings. The van der Waals surface area contributed by atoms with Gasteiger partial charge in [0.15, 0.2) is 0 Å². The van der Waals surface area contributed by atoms with Gasteiger partial charge in [-0.05, 0) is 20.9 Å². The lowest BCUT2D eigenvalue weighted by Gasteiger charge is -2.34. The standard InChI is InChI=1S/C12H20F9N2OS.C2H6/c1-4-23(24,5-2)8-6-7-22(3)25-12(20,21)10(15,16)9(13,14)11(17,18)19;1-2/h24H,4-8H2,1-3H3;1-2H3/q+1;. The van der Waals surface area contributed by atoms with Gasteiger partial charge in [0.2, 0.25) is 0 Å². The van der Waals surface area contributed by atoms with Crippen LogP contribution in [0.5, 0.6) is 0 Å². The van der Waals surface area contributed by atoms with Gasteiger partial charge in [-0.3, -0.25) is 0 Å². The lowest BCUT2D eigenvalue weighted by molar-refractivity contribution is -1.10. The summed E-state index contributed by atoms with van der Waals surface area (Å²) in [6, 6.07) is 0. The van der Waals surface area contributed by atoms with Crippen molar-refractivity contribution in [2.45, 2.75) is 57.4 Å². The average molecular weight is 441 g/mol. The molecule has 0 rings (SSSR count). The number of rotatable bonds is 10. The molecule has 0 aliphatic carbocycles. The van der Waals surface area contributed by atoms with Gasteiger partial charge >= 0.3 is 23.3 Å². The minimum atomic E-state index is -6.89. The number of hydrogen-bond acceptors (Lipinski definition) is 3. The zero-order valence-electron chi connectivity index (χ0n) is 15.7. The molecule has 166 valence electrons. The van der Waals surface area contributed by atoms with Gasteiger partial charge in [-0.25, -0.2) is 9.51 Å². The van der Waals surface area contributed by atoms with Crippen LogP contribution in [0.1, 0.15) is 34.1 Å². The van der Waals surface area contributed by atoms with E-state index in [1.165, 1.54) is 0 Å². The fraction of sp³-hybridized carbons (Fsp3) is 1.00. The van der Waals surface area contributed by atoms with Crippen molar-refractivity contribution in [3.63, 3.8) is 0 Å². The minimum Gasteiger partial charge on any atom is -0.248 e. The highest BCUT2D eigenvalue weighted by Crippen LogP contribution is 2.56. The van der Waals surface area contributed by atoms with E-state index < -0.39 is 39.9 Å². The molecule has 0 aromatic rings. The van der Waals surface area contributed by atoms with Crippen molar-refractivity contribution in [1.82, 2.24) is 4.31 Å². The second-order valence-corrected chi connectivity index (χ2v) is 6.73. The molecule has 0 aromatic carbocycles. The molecule has 0 saturated carbocycles. The molecule has 27 heavy (non-hydrogen) atoms. The topological polar surface area (TPSA) is 23.5 Å². The van der Waals surface area contributed by atoms with Crippen LogP contribution in [0.15, 0.2) is 0 Å². The Balaban J connectivity index is 0. The lowest BCUT2D eigenvalue weighted by atomic mass is 10.1. The van der Waals surface area contributed by atoms with Gasteiger partial charge < -0.3 is 0 Å². The van der Waals surface area contributed by atoms with E-state index in [0.29, 0.717) is 17.4 Å². The molecular formula is C14H26F9N2OS+. The number of alkyl halides is 9. The Morgan fingerprint density at radius 3 is 1.59 bits per heavy atom. The smallest absolute Gasteiger partial charge is 0.248 e. The van der Waals surface area contributed by atoms with Crippen molar-refractivity contribution in [3.8, 4) is 0 Å². The van der Waals surface area contributed by atoms with Crippen molar-refractivity contribution in [2.24, 2.45) is 0 Å². The van der Waals surface area contributed by atoms with Crippen LogP contribution in [0, 0.1) is 0 Å². The Morgan fingerprint density at radius 2 is 1.26 bits per heavy atom. The van der Waals surface area contributed by atoms with E-state index in [1.54, 1.807) is 13.8 Å². The molecule has 0 aliphatic heterocycles. The van der Waals surface area contributed by atoms with E-state index in [2.05, 4.69) is 0 Å². The van der Waals surface area contributed by atoms with Gasteiger partial charge in [-0.1, -0.05) is 13.8 Å². The molecule has 13 heteroatoms. The molecule has 0 spiro atoms. The molecule has 0 bridgehead atoms. The Kier molecular flexibility index (Phi) is 11.1. The molecule has 0 amide bonds. The van der Waals surface area contributed by atoms with Crippen molar-refractivity contribution < 1.29 is 49.4 Å². The van der Waals surface area contributed by atoms with Crippen LogP contribution < -0.4 is 0 Å². The molecule has 0 aliphatic rings. The van der Waals surface area contributed by atoms with Crippen molar-refractivity contribution >= 4 is 11.9 Å². The third kappa shape index (κ3) is 7.17. The fourth-order valence-electron chi connectivity index (χ4n) is 1.79. The molecule has 1 N–H and O–H groups in total. The quantitative estimate of drug-likeness (QED) is 0.205. The van der Waals surface area contributed by atoms with Gasteiger partial charge in [0, 0.05) is 24.9 Å². The highest BCUT2D eigenvalue weighted by Gasteiger charge is 2.82. The van der Waals surface area contributed by atoms with Crippen LogP contribution in [0.25, 0.3) is 0 Å². The summed E-state index contributed by atoms with van der Waals surface area (Å²) in [4.78, 5) is 0. The summed E-state index contributed by atoms with van der Waals surface area (Å²) < 4.78 is 115. The monoisotopic (exact) mass is 441 g/mol. The van der Waals surface area contributed by atoms with Crippen LogP contribution in [0.3, 0.4) is 0 Å². The maximum absolute atomic E-state index is 13.4. The fourth-order valence-corrected chi connectivity index (χ4v) is 2.64. The first-order chi connectivity index (χ1) is 12.0. The average Bonchev–Trinajstić information content (AvgIpc) is 2.54. The summed E-state index contributed by atoms with van der Waals surface area (Å²) in [5.41, 5.74) is 0. The largest absolute Gasteiger partial charge is 0.460 e. The lowest BCUT2D eigenvalue weighted by Crippen LogP contribution is -2.60. The van der Waals surface area contributed by atoms with E-state index in [0.717, 1.165) is 7.05 Å². The normalized spacial score (nSPS) is 14.2. The van der Waals surface area contributed by atoms with Crippen LogP contribution >= 0.6 is 11.9 Å². The molecular weight excluding hydrogens is 415 g/mol. The van der Waals surface area contributed by atoms with Crippen molar-refractivity contribution in [2.75, 3.05) is 33.2 Å². The Morgan fingerprint density at radius 1 is 0.852 bits per heavy atom. The minimum absolute atomic E-state index is 0.0268. The summed E-state index contributed by atoms with van der Waals surface area (Å²) in [6.07, 6.45) is -6.80. The zero-order valence-corrected chi connectivity index (χ0v) is 16.5. The first-order valence-electron chi connectivity index (χ1n) is 8.16. The molecule has 0 aromatic heterocycles. The van der Waals surface area contributed by atoms with E-state index in [1.807, 2.05) is 13.8 Å². The highest BCUT2D eigenvalue weighted by atomic mass is 32.2. The van der Waals surface area contributed by atoms with Crippen LogP contribution in [-0.2, 0) is 0 Å². The zero-order chi connectivity index (χ0) is 22.3. The third-order valence-corrected chi connectivity index (χ3v) is 4.59. The van der Waals surface area contributed by atoms with Gasteiger partial charge in [-0.2, -0.15) is 44.2 Å². The summed E-state index contributed by atoms with van der Waals surface area (Å²) in [5, 5.41) is 4.23. The molecule has 0 radical (unpaired) electrons. The number of quaternary nitrogens is 1. The number of halogens is 9. The second kappa shape index (κ2) is 10.4.